The smallest absolute Gasteiger partial charge is 0.338 e. The molecule has 3 atom stereocenters. The molecular formula is C52H41ClF5N13O4S. The lowest BCUT2D eigenvalue weighted by Gasteiger charge is -2.36. The van der Waals surface area contributed by atoms with Crippen molar-refractivity contribution in [2.75, 3.05) is 36.6 Å². The van der Waals surface area contributed by atoms with Crippen LogP contribution in [0.1, 0.15) is 65.1 Å². The Morgan fingerprint density at radius 3 is 1.86 bits per heavy atom. The Morgan fingerprint density at radius 2 is 1.32 bits per heavy atom. The van der Waals surface area contributed by atoms with Crippen molar-refractivity contribution in [1.82, 2.24) is 50.2 Å². The Morgan fingerprint density at radius 1 is 0.737 bits per heavy atom. The van der Waals surface area contributed by atoms with E-state index in [4.69, 9.17) is 21.1 Å². The first-order valence-corrected chi connectivity index (χ1v) is 24.6. The van der Waals surface area contributed by atoms with Crippen molar-refractivity contribution < 1.29 is 41.3 Å². The number of fused-ring (bicyclic) bond motifs is 2. The van der Waals surface area contributed by atoms with Gasteiger partial charge in [-0.2, -0.15) is 8.78 Å². The number of nitrogens with one attached hydrogen (secondary N) is 1. The number of hydrogen-bond donors (Lipinski definition) is 2. The molecule has 0 spiro atoms. The van der Waals surface area contributed by atoms with Crippen LogP contribution in [0.2, 0.25) is 5.02 Å². The Hall–Kier alpha value is -8.57. The minimum Gasteiger partial charge on any atom is -0.505 e. The second-order valence-electron chi connectivity index (χ2n) is 17.3. The van der Waals surface area contributed by atoms with Gasteiger partial charge in [0, 0.05) is 132 Å². The van der Waals surface area contributed by atoms with E-state index in [1.54, 1.807) is 60.9 Å². The number of rotatable bonds is 10. The topological polar surface area (TPSA) is 203 Å². The molecule has 0 saturated heterocycles. The van der Waals surface area contributed by atoms with E-state index in [9.17, 15) is 23.1 Å². The van der Waals surface area contributed by atoms with Crippen LogP contribution in [0.15, 0.2) is 120 Å². The molecule has 0 bridgehead atoms. The number of aliphatic imine (C=N–C) groups is 1. The highest BCUT2D eigenvalue weighted by atomic mass is 35.5. The minimum atomic E-state index is -1.24. The minimum absolute atomic E-state index is 0.0140. The summed E-state index contributed by atoms with van der Waals surface area (Å²) in [4.78, 5) is 60.8. The monoisotopic (exact) mass is 1070 g/mol. The average Bonchev–Trinajstić information content (AvgIpc) is 3.99. The summed E-state index contributed by atoms with van der Waals surface area (Å²) in [5.74, 6) is -5.12. The quantitative estimate of drug-likeness (QED) is 0.0968. The number of benzene rings is 3. The van der Waals surface area contributed by atoms with Gasteiger partial charge in [-0.15, -0.1) is 11.3 Å². The summed E-state index contributed by atoms with van der Waals surface area (Å²) < 4.78 is 82.5. The van der Waals surface area contributed by atoms with Gasteiger partial charge < -0.3 is 29.7 Å². The fourth-order valence-electron chi connectivity index (χ4n) is 9.03. The van der Waals surface area contributed by atoms with Crippen molar-refractivity contribution in [3.8, 4) is 34.8 Å². The summed E-state index contributed by atoms with van der Waals surface area (Å²) in [5, 5.41) is 14.9. The number of thiazole rings is 1. The van der Waals surface area contributed by atoms with Crippen LogP contribution in [0, 0.1) is 29.1 Å². The molecule has 5 aromatic heterocycles. The molecule has 0 aliphatic carbocycles. The molecule has 3 aromatic carbocycles. The third-order valence-corrected chi connectivity index (χ3v) is 13.9. The van der Waals surface area contributed by atoms with Crippen LogP contribution in [0.3, 0.4) is 0 Å². The van der Waals surface area contributed by atoms with Crippen LogP contribution in [0.4, 0.5) is 33.3 Å². The first-order chi connectivity index (χ1) is 36.8. The van der Waals surface area contributed by atoms with Gasteiger partial charge in [0.2, 0.25) is 5.82 Å². The summed E-state index contributed by atoms with van der Waals surface area (Å²) in [5.41, 5.74) is 4.61. The zero-order valence-corrected chi connectivity index (χ0v) is 41.9. The van der Waals surface area contributed by atoms with Gasteiger partial charge in [-0.1, -0.05) is 17.7 Å². The molecule has 3 aliphatic heterocycles. The first kappa shape index (κ1) is 50.9. The molecule has 8 heterocycles. The van der Waals surface area contributed by atoms with E-state index in [0.29, 0.717) is 71.2 Å². The number of carbonyl (C=O) groups excluding carboxylic acids is 1. The predicted octanol–water partition coefficient (Wildman–Crippen LogP) is 9.22. The molecule has 76 heavy (non-hydrogen) atoms. The number of halogens is 6. The number of phenolic OH excluding ortho intramolecular Hbond substituents is 1. The molecule has 386 valence electrons. The molecule has 11 rings (SSSR count). The van der Waals surface area contributed by atoms with E-state index >= 15 is 8.78 Å². The Balaban J connectivity index is 0.000000211. The maximum atomic E-state index is 15.3. The second kappa shape index (κ2) is 21.7. The van der Waals surface area contributed by atoms with Gasteiger partial charge in [-0.05, 0) is 38.1 Å². The number of aromatic hydroxyl groups is 1. The van der Waals surface area contributed by atoms with E-state index in [2.05, 4.69) is 55.2 Å². The van der Waals surface area contributed by atoms with E-state index in [1.807, 2.05) is 23.6 Å². The standard InChI is InChI=1S/C34H26ClF3N8O3S.C18H15F2N5O/c1-17-21-15-42-31(30-39-7-3-8-40-30)43-24(21)6-10-46(17)19-13-23(37)28(38)26(14-19)49-16-25-27(34(47)48-2)29(20-5-4-18(36)12-22(20)35)45-32(44-25)33-41-9-11-50-33;1-10-12-9-23-18(17-21-4-2-5-22-17)24-14(12)3-6-25(10)11-7-13(19)16(20)15(26)8-11/h3-5,7-9,11-15,17,29H,6,10,16H2,1-2H3,(H,44,45);2,4-5,7-10,26H,3,6H2,1H3/t17?,29-;/m0./s1. The number of amidine groups is 1. The largest absolute Gasteiger partial charge is 0.505 e. The third kappa shape index (κ3) is 10.3. The summed E-state index contributed by atoms with van der Waals surface area (Å²) in [6.45, 7) is 4.41. The molecule has 3 aliphatic rings. The average molecular weight is 1070 g/mol. The van der Waals surface area contributed by atoms with Crippen LogP contribution < -0.4 is 19.9 Å². The fraction of sp³-hybridized carbons (Fsp3) is 0.212. The zero-order chi connectivity index (χ0) is 53.2. The summed E-state index contributed by atoms with van der Waals surface area (Å²) in [6.07, 6.45) is 12.6. The molecular weight excluding hydrogens is 1030 g/mol. The van der Waals surface area contributed by atoms with E-state index in [1.165, 1.54) is 42.7 Å². The molecule has 2 unspecified atom stereocenters. The zero-order valence-electron chi connectivity index (χ0n) is 40.3. The third-order valence-electron chi connectivity index (χ3n) is 12.8. The number of carbonyl (C=O) groups is 1. The number of ether oxygens (including phenoxy) is 2. The Labute approximate surface area is 438 Å². The van der Waals surface area contributed by atoms with Crippen molar-refractivity contribution >= 4 is 46.1 Å². The van der Waals surface area contributed by atoms with Gasteiger partial charge in [-0.25, -0.2) is 62.8 Å². The second-order valence-corrected chi connectivity index (χ2v) is 18.6. The number of anilines is 2. The lowest BCUT2D eigenvalue weighted by atomic mass is 9.95. The molecule has 24 heteroatoms. The van der Waals surface area contributed by atoms with Crippen LogP contribution in [-0.2, 0) is 22.4 Å². The molecule has 0 fully saturated rings. The van der Waals surface area contributed by atoms with Gasteiger partial charge >= 0.3 is 5.97 Å². The number of hydrogen-bond acceptors (Lipinski definition) is 18. The summed E-state index contributed by atoms with van der Waals surface area (Å²) >= 11 is 7.70. The number of esters is 1. The van der Waals surface area contributed by atoms with Gasteiger partial charge in [-0.3, -0.25) is 4.99 Å². The van der Waals surface area contributed by atoms with Crippen LogP contribution >= 0.6 is 22.9 Å². The molecule has 17 nitrogen and oxygen atoms in total. The number of aromatic nitrogens is 9. The van der Waals surface area contributed by atoms with Gasteiger partial charge in [0.25, 0.3) is 0 Å². The maximum Gasteiger partial charge on any atom is 0.338 e. The van der Waals surface area contributed by atoms with Gasteiger partial charge in [0.15, 0.2) is 63.1 Å². The Bertz CT molecular complexity index is 3530. The number of methoxy groups -OCH3 is 1. The van der Waals surface area contributed by atoms with E-state index in [-0.39, 0.29) is 40.0 Å². The van der Waals surface area contributed by atoms with Crippen LogP contribution in [0.5, 0.6) is 11.5 Å². The predicted molar refractivity (Wildman–Crippen MR) is 270 cm³/mol. The normalized spacial score (nSPS) is 16.9. The molecule has 0 saturated carbocycles. The molecule has 0 radical (unpaired) electrons. The molecule has 0 amide bonds. The van der Waals surface area contributed by atoms with Crippen molar-refractivity contribution in [3.05, 3.63) is 182 Å². The van der Waals surface area contributed by atoms with Gasteiger partial charge in [0.1, 0.15) is 18.5 Å². The number of phenols is 1. The maximum absolute atomic E-state index is 15.3. The highest BCUT2D eigenvalue weighted by Gasteiger charge is 2.35. The van der Waals surface area contributed by atoms with Crippen LogP contribution in [-0.4, -0.2) is 88.6 Å². The van der Waals surface area contributed by atoms with Gasteiger partial charge in [0.05, 0.1) is 41.9 Å². The van der Waals surface area contributed by atoms with E-state index in [0.717, 1.165) is 40.7 Å². The van der Waals surface area contributed by atoms with E-state index < -0.39 is 53.5 Å². The fourth-order valence-corrected chi connectivity index (χ4v) is 9.89. The first-order valence-electron chi connectivity index (χ1n) is 23.4. The summed E-state index contributed by atoms with van der Waals surface area (Å²) in [7, 11) is 1.19. The lowest BCUT2D eigenvalue weighted by molar-refractivity contribution is -0.136. The molecule has 2 N–H and O–H groups in total. The number of nitrogens with zero attached hydrogens (tertiary/aromatic N) is 12. The highest BCUT2D eigenvalue weighted by Crippen LogP contribution is 2.40. The van der Waals surface area contributed by atoms with Crippen LogP contribution in [0.25, 0.3) is 23.3 Å². The highest BCUT2D eigenvalue weighted by molar-refractivity contribution is 7.11. The van der Waals surface area contributed by atoms with Crippen molar-refractivity contribution in [2.24, 2.45) is 4.99 Å². The van der Waals surface area contributed by atoms with Crippen molar-refractivity contribution in [3.63, 3.8) is 0 Å². The SMILES string of the molecule is CC1c2cnc(-c3ncccn3)nc2CCN1c1cc(O)c(F)c(F)c1.COC(=O)C1=C(COc2cc(N3CCc4nc(-c5ncccn5)ncc4C3C)cc(F)c2F)NC(c2nccs2)=N[C@H]1c1ccc(F)cc1Cl. The lowest BCUT2D eigenvalue weighted by Crippen LogP contribution is -2.36. The summed E-state index contributed by atoms with van der Waals surface area (Å²) in [6, 6.07) is 10.4. The van der Waals surface area contributed by atoms with Crippen molar-refractivity contribution in [1.29, 1.82) is 0 Å². The molecule has 8 aromatic rings. The Kier molecular flexibility index (Phi) is 14.6. The van der Waals surface area contributed by atoms with Crippen molar-refractivity contribution in [2.45, 2.75) is 44.8 Å².